The average Bonchev–Trinajstić information content (AvgIpc) is 3.41. The number of ether oxygens (including phenoxy) is 1. The van der Waals surface area contributed by atoms with E-state index in [1.54, 1.807) is 4.90 Å². The number of nitrogens with zero attached hydrogens (tertiary/aromatic N) is 5. The molecule has 7 heteroatoms. The van der Waals surface area contributed by atoms with E-state index < -0.39 is 0 Å². The van der Waals surface area contributed by atoms with Gasteiger partial charge >= 0.3 is 0 Å². The highest BCUT2D eigenvalue weighted by molar-refractivity contribution is 5.56. The van der Waals surface area contributed by atoms with Gasteiger partial charge in [-0.15, -0.1) is 5.10 Å². The number of nitrogens with one attached hydrogen (secondary N) is 1. The van der Waals surface area contributed by atoms with Crippen LogP contribution in [0.3, 0.4) is 0 Å². The van der Waals surface area contributed by atoms with Gasteiger partial charge in [-0.05, 0) is 54.3 Å². The second-order valence-corrected chi connectivity index (χ2v) is 8.56. The van der Waals surface area contributed by atoms with Crippen molar-refractivity contribution in [1.29, 1.82) is 0 Å². The first-order valence-electron chi connectivity index (χ1n) is 11.2. The SMILES string of the molecule is CCC[C@H](c1nnnn1C[C@H]1CCCO1)[NH+]1CCN(c2cccc(C)c2C)CC1. The van der Waals surface area contributed by atoms with E-state index in [9.17, 15) is 0 Å². The number of quaternary nitrogens is 1. The molecule has 4 rings (SSSR count). The predicted octanol–water partition coefficient (Wildman–Crippen LogP) is 1.72. The summed E-state index contributed by atoms with van der Waals surface area (Å²) < 4.78 is 7.83. The molecule has 2 aliphatic heterocycles. The molecule has 2 aliphatic rings. The maximum absolute atomic E-state index is 5.82. The number of benzene rings is 1. The Morgan fingerprint density at radius 3 is 2.79 bits per heavy atom. The van der Waals surface area contributed by atoms with E-state index >= 15 is 0 Å². The molecule has 2 aromatic rings. The van der Waals surface area contributed by atoms with Crippen molar-refractivity contribution in [2.75, 3.05) is 37.7 Å². The van der Waals surface area contributed by atoms with Gasteiger partial charge in [-0.25, -0.2) is 4.68 Å². The third-order valence-electron chi connectivity index (χ3n) is 6.66. The lowest BCUT2D eigenvalue weighted by molar-refractivity contribution is -0.933. The largest absolute Gasteiger partial charge is 0.376 e. The molecule has 0 unspecified atom stereocenters. The van der Waals surface area contributed by atoms with Crippen molar-refractivity contribution in [2.24, 2.45) is 0 Å². The fourth-order valence-corrected chi connectivity index (χ4v) is 4.84. The molecule has 2 atom stereocenters. The predicted molar refractivity (Wildman–Crippen MR) is 113 cm³/mol. The van der Waals surface area contributed by atoms with Crippen molar-refractivity contribution in [2.45, 2.75) is 65.1 Å². The lowest BCUT2D eigenvalue weighted by Gasteiger charge is -2.37. The Morgan fingerprint density at radius 2 is 2.07 bits per heavy atom. The summed E-state index contributed by atoms with van der Waals surface area (Å²) in [6.07, 6.45) is 4.77. The minimum Gasteiger partial charge on any atom is -0.376 e. The van der Waals surface area contributed by atoms with E-state index in [4.69, 9.17) is 4.74 Å². The first-order valence-corrected chi connectivity index (χ1v) is 11.2. The van der Waals surface area contributed by atoms with Gasteiger partial charge in [0.1, 0.15) is 6.04 Å². The molecular weight excluding hydrogens is 364 g/mol. The van der Waals surface area contributed by atoms with Crippen molar-refractivity contribution in [3.8, 4) is 0 Å². The van der Waals surface area contributed by atoms with Crippen LogP contribution in [0.4, 0.5) is 5.69 Å². The Hall–Kier alpha value is -1.99. The zero-order valence-electron chi connectivity index (χ0n) is 18.1. The van der Waals surface area contributed by atoms with Gasteiger partial charge in [0.05, 0.1) is 38.8 Å². The Morgan fingerprint density at radius 1 is 1.24 bits per heavy atom. The van der Waals surface area contributed by atoms with Crippen molar-refractivity contribution in [3.63, 3.8) is 0 Å². The smallest absolute Gasteiger partial charge is 0.209 e. The van der Waals surface area contributed by atoms with Crippen molar-refractivity contribution >= 4 is 5.69 Å². The molecule has 2 fully saturated rings. The molecule has 1 aromatic carbocycles. The Kier molecular flexibility index (Phi) is 6.45. The second kappa shape index (κ2) is 9.22. The van der Waals surface area contributed by atoms with Gasteiger partial charge in [-0.3, -0.25) is 0 Å². The lowest BCUT2D eigenvalue weighted by Crippen LogP contribution is -3.15. The molecular formula is C22H35N6O+. The fraction of sp³-hybridized carbons (Fsp3) is 0.682. The summed E-state index contributed by atoms with van der Waals surface area (Å²) in [5.41, 5.74) is 4.16. The number of hydrogen-bond donors (Lipinski definition) is 1. The van der Waals surface area contributed by atoms with Crippen LogP contribution in [-0.2, 0) is 11.3 Å². The standard InChI is InChI=1S/C22H34N6O/c1-4-7-21(22-23-24-25-28(22)16-19-9-6-15-29-19)27-13-11-26(12-14-27)20-10-5-8-17(2)18(20)3/h5,8,10,19,21H,4,6-7,9,11-16H2,1-3H3/p+1/t19-,21-/m1/s1. The number of anilines is 1. The third kappa shape index (κ3) is 4.46. The molecule has 0 aliphatic carbocycles. The van der Waals surface area contributed by atoms with E-state index in [1.165, 1.54) is 16.8 Å². The van der Waals surface area contributed by atoms with E-state index in [-0.39, 0.29) is 6.10 Å². The Balaban J connectivity index is 1.45. The van der Waals surface area contributed by atoms with Crippen molar-refractivity contribution in [1.82, 2.24) is 20.2 Å². The number of aromatic nitrogens is 4. The van der Waals surface area contributed by atoms with Gasteiger partial charge in [0.15, 0.2) is 0 Å². The summed E-state index contributed by atoms with van der Waals surface area (Å²) in [6, 6.07) is 7.00. The minimum atomic E-state index is 0.260. The van der Waals surface area contributed by atoms with Crippen LogP contribution in [0.25, 0.3) is 0 Å². The van der Waals surface area contributed by atoms with Crippen LogP contribution in [0.1, 0.15) is 55.6 Å². The maximum atomic E-state index is 5.82. The van der Waals surface area contributed by atoms with Gasteiger partial charge in [0.25, 0.3) is 0 Å². The zero-order chi connectivity index (χ0) is 20.2. The average molecular weight is 400 g/mol. The summed E-state index contributed by atoms with van der Waals surface area (Å²) >= 11 is 0. The summed E-state index contributed by atoms with van der Waals surface area (Å²) in [5.74, 6) is 1.04. The zero-order valence-corrected chi connectivity index (χ0v) is 18.1. The van der Waals surface area contributed by atoms with Gasteiger partial charge < -0.3 is 14.5 Å². The molecule has 0 amide bonds. The highest BCUT2D eigenvalue weighted by Gasteiger charge is 2.33. The fourth-order valence-electron chi connectivity index (χ4n) is 4.84. The maximum Gasteiger partial charge on any atom is 0.209 e. The number of piperazine rings is 1. The van der Waals surface area contributed by atoms with Gasteiger partial charge in [0, 0.05) is 18.7 Å². The molecule has 0 bridgehead atoms. The molecule has 158 valence electrons. The number of rotatable bonds is 7. The van der Waals surface area contributed by atoms with Crippen LogP contribution in [0.15, 0.2) is 18.2 Å². The van der Waals surface area contributed by atoms with Crippen LogP contribution >= 0.6 is 0 Å². The van der Waals surface area contributed by atoms with Crippen LogP contribution in [0.2, 0.25) is 0 Å². The second-order valence-electron chi connectivity index (χ2n) is 8.56. The first-order chi connectivity index (χ1) is 14.2. The monoisotopic (exact) mass is 399 g/mol. The van der Waals surface area contributed by atoms with Gasteiger partial charge in [-0.2, -0.15) is 0 Å². The summed E-state index contributed by atoms with van der Waals surface area (Å²) in [6.45, 7) is 12.7. The molecule has 1 aromatic heterocycles. The van der Waals surface area contributed by atoms with Crippen LogP contribution in [0.5, 0.6) is 0 Å². The number of tetrazole rings is 1. The summed E-state index contributed by atoms with van der Waals surface area (Å²) in [4.78, 5) is 4.15. The molecule has 0 radical (unpaired) electrons. The molecule has 29 heavy (non-hydrogen) atoms. The Bertz CT molecular complexity index is 792. The van der Waals surface area contributed by atoms with Crippen LogP contribution < -0.4 is 9.80 Å². The quantitative estimate of drug-likeness (QED) is 0.768. The highest BCUT2D eigenvalue weighted by atomic mass is 16.5. The van der Waals surface area contributed by atoms with Crippen molar-refractivity contribution in [3.05, 3.63) is 35.2 Å². The number of aryl methyl sites for hydroxylation is 1. The summed E-state index contributed by atoms with van der Waals surface area (Å²) in [5, 5.41) is 12.8. The molecule has 7 nitrogen and oxygen atoms in total. The highest BCUT2D eigenvalue weighted by Crippen LogP contribution is 2.23. The first kappa shape index (κ1) is 20.3. The molecule has 3 heterocycles. The van der Waals surface area contributed by atoms with E-state index in [1.807, 2.05) is 4.68 Å². The lowest BCUT2D eigenvalue weighted by atomic mass is 10.1. The van der Waals surface area contributed by atoms with Gasteiger partial charge in [0.2, 0.25) is 5.82 Å². The van der Waals surface area contributed by atoms with E-state index in [0.29, 0.717) is 6.04 Å². The molecule has 2 saturated heterocycles. The van der Waals surface area contributed by atoms with Gasteiger partial charge in [-0.1, -0.05) is 25.5 Å². The van der Waals surface area contributed by atoms with Crippen LogP contribution in [-0.4, -0.2) is 59.1 Å². The minimum absolute atomic E-state index is 0.260. The molecule has 0 spiro atoms. The normalized spacial score (nSPS) is 21.6. The van der Waals surface area contributed by atoms with Crippen LogP contribution in [0, 0.1) is 13.8 Å². The molecule has 0 saturated carbocycles. The topological polar surface area (TPSA) is 60.5 Å². The summed E-state index contributed by atoms with van der Waals surface area (Å²) in [7, 11) is 0. The van der Waals surface area contributed by atoms with Crippen molar-refractivity contribution < 1.29 is 9.64 Å². The third-order valence-corrected chi connectivity index (χ3v) is 6.66. The van der Waals surface area contributed by atoms with E-state index in [2.05, 4.69) is 59.4 Å². The molecule has 1 N–H and O–H groups in total. The van der Waals surface area contributed by atoms with E-state index in [0.717, 1.165) is 70.8 Å². The Labute approximate surface area is 174 Å². The number of hydrogen-bond acceptors (Lipinski definition) is 5.